The first kappa shape index (κ1) is 29.0. The van der Waals surface area contributed by atoms with Crippen molar-refractivity contribution in [3.05, 3.63) is 70.9 Å². The van der Waals surface area contributed by atoms with Crippen molar-refractivity contribution in [2.24, 2.45) is 11.3 Å². The van der Waals surface area contributed by atoms with Crippen molar-refractivity contribution < 1.29 is 23.9 Å². The van der Waals surface area contributed by atoms with Crippen LogP contribution in [0.3, 0.4) is 0 Å². The lowest BCUT2D eigenvalue weighted by Gasteiger charge is -2.25. The summed E-state index contributed by atoms with van der Waals surface area (Å²) >= 11 is 6.20. The lowest BCUT2D eigenvalue weighted by molar-refractivity contribution is -0.178. The number of pyridine rings is 1. The standard InChI is InChI=1S/C30H37ClN2O5Si/c1-6-37-29(35)30(19-25(30)28(34)33(36-2)15-16-39(3,4)5)18-21-11-13-23(14-12-21)38-20-22-17-27(31)32-26-10-8-7-9-24(22)26/h7-14,17,25H,6,15-16,18-20H2,1-5H3. The zero-order chi connectivity index (χ0) is 28.2. The molecule has 208 valence electrons. The Bertz CT molecular complexity index is 1330. The van der Waals surface area contributed by atoms with Gasteiger partial charge in [-0.05, 0) is 55.6 Å². The zero-order valence-corrected chi connectivity index (χ0v) is 25.1. The van der Waals surface area contributed by atoms with Crippen LogP contribution in [0, 0.1) is 11.3 Å². The minimum Gasteiger partial charge on any atom is -0.489 e. The van der Waals surface area contributed by atoms with E-state index >= 15 is 0 Å². The van der Waals surface area contributed by atoms with E-state index in [0.29, 0.717) is 36.9 Å². The molecule has 1 aromatic heterocycles. The predicted octanol–water partition coefficient (Wildman–Crippen LogP) is 6.31. The number of esters is 1. The van der Waals surface area contributed by atoms with Gasteiger partial charge in [-0.15, -0.1) is 0 Å². The van der Waals surface area contributed by atoms with E-state index in [1.165, 1.54) is 12.2 Å². The highest BCUT2D eigenvalue weighted by atomic mass is 35.5. The Kier molecular flexibility index (Phi) is 8.99. The molecule has 1 aliphatic carbocycles. The monoisotopic (exact) mass is 568 g/mol. The molecule has 0 saturated heterocycles. The number of aromatic nitrogens is 1. The van der Waals surface area contributed by atoms with Crippen molar-refractivity contribution in [2.45, 2.75) is 52.1 Å². The number of nitrogens with zero attached hydrogens (tertiary/aromatic N) is 2. The minimum absolute atomic E-state index is 0.146. The fourth-order valence-corrected chi connectivity index (χ4v) is 5.96. The summed E-state index contributed by atoms with van der Waals surface area (Å²) in [5, 5.41) is 2.85. The van der Waals surface area contributed by atoms with Gasteiger partial charge in [0.25, 0.3) is 0 Å². The first-order valence-electron chi connectivity index (χ1n) is 13.3. The van der Waals surface area contributed by atoms with Crippen molar-refractivity contribution in [3.8, 4) is 5.75 Å². The Morgan fingerprint density at radius 1 is 1.13 bits per heavy atom. The highest BCUT2D eigenvalue weighted by Crippen LogP contribution is 2.56. The molecule has 3 aromatic rings. The quantitative estimate of drug-likeness (QED) is 0.110. The number of hydrogen-bond donors (Lipinski definition) is 0. The van der Waals surface area contributed by atoms with Crippen LogP contribution >= 0.6 is 11.6 Å². The largest absolute Gasteiger partial charge is 0.489 e. The summed E-state index contributed by atoms with van der Waals surface area (Å²) in [7, 11) is 0.147. The second kappa shape index (κ2) is 12.1. The molecule has 39 heavy (non-hydrogen) atoms. The average molecular weight is 569 g/mol. The van der Waals surface area contributed by atoms with Gasteiger partial charge in [0.15, 0.2) is 0 Å². The van der Waals surface area contributed by atoms with Gasteiger partial charge in [0.05, 0.1) is 30.6 Å². The Morgan fingerprint density at radius 3 is 2.51 bits per heavy atom. The lowest BCUT2D eigenvalue weighted by atomic mass is 9.93. The second-order valence-corrected chi connectivity index (χ2v) is 17.3. The highest BCUT2D eigenvalue weighted by Gasteiger charge is 2.65. The maximum atomic E-state index is 13.3. The molecule has 1 heterocycles. The molecule has 0 radical (unpaired) electrons. The number of ether oxygens (including phenoxy) is 2. The molecular weight excluding hydrogens is 532 g/mol. The van der Waals surface area contributed by atoms with Crippen LogP contribution < -0.4 is 4.74 Å². The van der Waals surface area contributed by atoms with Gasteiger partial charge in [0, 0.05) is 25.6 Å². The van der Waals surface area contributed by atoms with Crippen molar-refractivity contribution in [3.63, 3.8) is 0 Å². The molecule has 1 saturated carbocycles. The maximum absolute atomic E-state index is 13.3. The van der Waals surface area contributed by atoms with Crippen molar-refractivity contribution in [2.75, 3.05) is 20.3 Å². The number of halogens is 1. The molecule has 7 nitrogen and oxygen atoms in total. The van der Waals surface area contributed by atoms with Crippen molar-refractivity contribution in [1.82, 2.24) is 10.0 Å². The molecular formula is C30H37ClN2O5Si. The summed E-state index contributed by atoms with van der Waals surface area (Å²) in [6.45, 7) is 9.70. The van der Waals surface area contributed by atoms with Crippen LogP contribution in [-0.2, 0) is 32.2 Å². The SMILES string of the molecule is CCOC(=O)C1(Cc2ccc(OCc3cc(Cl)nc4ccccc34)cc2)CC1C(=O)N(CC[Si](C)(C)C)OC. The van der Waals surface area contributed by atoms with Gasteiger partial charge >= 0.3 is 5.97 Å². The molecule has 0 N–H and O–H groups in total. The molecule has 1 fully saturated rings. The van der Waals surface area contributed by atoms with E-state index in [9.17, 15) is 9.59 Å². The summed E-state index contributed by atoms with van der Waals surface area (Å²) in [6, 6.07) is 18.2. The molecule has 2 aromatic carbocycles. The average Bonchev–Trinajstić information content (AvgIpc) is 3.63. The number of fused-ring (bicyclic) bond motifs is 1. The summed E-state index contributed by atoms with van der Waals surface area (Å²) in [5.74, 6) is -0.238. The summed E-state index contributed by atoms with van der Waals surface area (Å²) in [4.78, 5) is 36.2. The van der Waals surface area contributed by atoms with Crippen LogP contribution in [-0.4, -0.2) is 50.3 Å². The number of benzene rings is 2. The Balaban J connectivity index is 1.44. The van der Waals surface area contributed by atoms with Crippen LogP contribution in [0.15, 0.2) is 54.6 Å². The predicted molar refractivity (Wildman–Crippen MR) is 155 cm³/mol. The van der Waals surface area contributed by atoms with Crippen LogP contribution in [0.2, 0.25) is 30.8 Å². The van der Waals surface area contributed by atoms with E-state index in [4.69, 9.17) is 25.9 Å². The van der Waals surface area contributed by atoms with Gasteiger partial charge in [0.2, 0.25) is 5.91 Å². The molecule has 2 unspecified atom stereocenters. The Labute approximate surface area is 236 Å². The molecule has 0 spiro atoms. The smallest absolute Gasteiger partial charge is 0.313 e. The van der Waals surface area contributed by atoms with Crippen molar-refractivity contribution in [1.29, 1.82) is 0 Å². The molecule has 2 atom stereocenters. The van der Waals surface area contributed by atoms with E-state index in [-0.39, 0.29) is 18.5 Å². The second-order valence-electron chi connectivity index (χ2n) is 11.3. The van der Waals surface area contributed by atoms with Crippen molar-refractivity contribution >= 4 is 42.5 Å². The first-order valence-corrected chi connectivity index (χ1v) is 17.4. The van der Waals surface area contributed by atoms with E-state index < -0.39 is 19.4 Å². The number of carbonyl (C=O) groups excluding carboxylic acids is 2. The van der Waals surface area contributed by atoms with E-state index in [2.05, 4.69) is 24.6 Å². The maximum Gasteiger partial charge on any atom is 0.313 e. The normalized spacial score (nSPS) is 18.6. The first-order chi connectivity index (χ1) is 18.6. The van der Waals surface area contributed by atoms with Gasteiger partial charge < -0.3 is 9.47 Å². The number of amides is 1. The fourth-order valence-electron chi connectivity index (χ4n) is 4.86. The minimum atomic E-state index is -1.37. The molecule has 1 aliphatic rings. The Hall–Kier alpha value is -2.94. The number of hydrogen-bond acceptors (Lipinski definition) is 6. The number of rotatable bonds is 12. The number of hydroxylamine groups is 2. The number of carbonyl (C=O) groups is 2. The summed E-state index contributed by atoms with van der Waals surface area (Å²) < 4.78 is 11.5. The third-order valence-corrected chi connectivity index (χ3v) is 9.11. The molecule has 4 rings (SSSR count). The zero-order valence-electron chi connectivity index (χ0n) is 23.3. The molecule has 0 aliphatic heterocycles. The lowest BCUT2D eigenvalue weighted by Crippen LogP contribution is -2.38. The third-order valence-electron chi connectivity index (χ3n) is 7.19. The Morgan fingerprint density at radius 2 is 1.85 bits per heavy atom. The van der Waals surface area contributed by atoms with Gasteiger partial charge in [-0.2, -0.15) is 0 Å². The van der Waals surface area contributed by atoms with Gasteiger partial charge in [0.1, 0.15) is 17.5 Å². The van der Waals surface area contributed by atoms with Crippen LogP contribution in [0.4, 0.5) is 0 Å². The highest BCUT2D eigenvalue weighted by molar-refractivity contribution is 6.76. The topological polar surface area (TPSA) is 78.0 Å². The van der Waals surface area contributed by atoms with Gasteiger partial charge in [-0.1, -0.05) is 61.6 Å². The summed E-state index contributed by atoms with van der Waals surface area (Å²) in [6.07, 6.45) is 0.865. The van der Waals surface area contributed by atoms with Gasteiger partial charge in [-0.25, -0.2) is 10.0 Å². The van der Waals surface area contributed by atoms with E-state index in [0.717, 1.165) is 28.1 Å². The van der Waals surface area contributed by atoms with Gasteiger partial charge in [-0.3, -0.25) is 14.4 Å². The van der Waals surface area contributed by atoms with E-state index in [1.807, 2.05) is 54.6 Å². The molecule has 0 bridgehead atoms. The fraction of sp³-hybridized carbons (Fsp3) is 0.433. The summed E-state index contributed by atoms with van der Waals surface area (Å²) in [5.41, 5.74) is 1.84. The van der Waals surface area contributed by atoms with Crippen LogP contribution in [0.5, 0.6) is 5.75 Å². The van der Waals surface area contributed by atoms with E-state index in [1.54, 1.807) is 6.92 Å². The molecule has 1 amide bonds. The van der Waals surface area contributed by atoms with Crippen LogP contribution in [0.1, 0.15) is 24.5 Å². The van der Waals surface area contributed by atoms with Crippen LogP contribution in [0.25, 0.3) is 10.9 Å². The third kappa shape index (κ3) is 6.98. The number of para-hydroxylation sites is 1. The molecule has 9 heteroatoms.